The maximum atomic E-state index is 11.7. The summed E-state index contributed by atoms with van der Waals surface area (Å²) in [5.74, 6) is 0.153. The molecule has 0 saturated heterocycles. The molecule has 0 aromatic carbocycles. The van der Waals surface area contributed by atoms with Gasteiger partial charge >= 0.3 is 0 Å². The molecule has 2 N–H and O–H groups in total. The first-order chi connectivity index (χ1) is 7.33. The van der Waals surface area contributed by atoms with Crippen LogP contribution in [0.1, 0.15) is 47.0 Å². The largest absolute Gasteiger partial charge is 0.316 e. The summed E-state index contributed by atoms with van der Waals surface area (Å²) < 4.78 is 26.2. The molecule has 98 valence electrons. The van der Waals surface area contributed by atoms with Gasteiger partial charge in [0.25, 0.3) is 0 Å². The van der Waals surface area contributed by atoms with Crippen LogP contribution in [-0.4, -0.2) is 32.8 Å². The highest BCUT2D eigenvalue weighted by molar-refractivity contribution is 7.89. The normalized spacial score (nSPS) is 13.0. The van der Waals surface area contributed by atoms with Crippen molar-refractivity contribution in [3.05, 3.63) is 0 Å². The molecule has 0 rings (SSSR count). The molecule has 0 saturated carbocycles. The molecule has 0 aliphatic heterocycles. The van der Waals surface area contributed by atoms with Crippen LogP contribution in [0.2, 0.25) is 0 Å². The van der Waals surface area contributed by atoms with Crippen molar-refractivity contribution in [3.63, 3.8) is 0 Å². The number of nitrogens with one attached hydrogen (secondary N) is 2. The van der Waals surface area contributed by atoms with Crippen LogP contribution in [0.15, 0.2) is 0 Å². The highest BCUT2D eigenvalue weighted by atomic mass is 32.2. The second-order valence-electron chi connectivity index (χ2n) is 4.80. The van der Waals surface area contributed by atoms with Gasteiger partial charge in [0.15, 0.2) is 0 Å². The van der Waals surface area contributed by atoms with E-state index in [0.717, 1.165) is 25.8 Å². The van der Waals surface area contributed by atoms with Crippen molar-refractivity contribution >= 4 is 10.0 Å². The van der Waals surface area contributed by atoms with Gasteiger partial charge in [-0.15, -0.1) is 0 Å². The number of rotatable bonds is 9. The van der Waals surface area contributed by atoms with E-state index < -0.39 is 10.0 Å². The molecule has 0 bridgehead atoms. The summed E-state index contributed by atoms with van der Waals surface area (Å²) in [5.41, 5.74) is -0.335. The Labute approximate surface area is 100 Å². The minimum Gasteiger partial charge on any atom is -0.316 e. The topological polar surface area (TPSA) is 58.2 Å². The minimum absolute atomic E-state index is 0.153. The molecule has 0 atom stereocenters. The van der Waals surface area contributed by atoms with Crippen LogP contribution >= 0.6 is 0 Å². The summed E-state index contributed by atoms with van der Waals surface area (Å²) in [5, 5.41) is 3.09. The van der Waals surface area contributed by atoms with Gasteiger partial charge in [0.1, 0.15) is 0 Å². The molecular formula is C11H26N2O2S. The zero-order valence-corrected chi connectivity index (χ0v) is 11.8. The molecular weight excluding hydrogens is 224 g/mol. The summed E-state index contributed by atoms with van der Waals surface area (Å²) >= 11 is 0. The lowest BCUT2D eigenvalue weighted by molar-refractivity contribution is 0.417. The number of hydrogen-bond acceptors (Lipinski definition) is 3. The average molecular weight is 250 g/mol. The maximum absolute atomic E-state index is 11.7. The van der Waals surface area contributed by atoms with E-state index in [2.05, 4.69) is 23.9 Å². The first-order valence-corrected chi connectivity index (χ1v) is 7.70. The van der Waals surface area contributed by atoms with E-state index in [1.165, 1.54) is 0 Å². The lowest BCUT2D eigenvalue weighted by Crippen LogP contribution is -2.45. The van der Waals surface area contributed by atoms with E-state index in [4.69, 9.17) is 0 Å². The predicted octanol–water partition coefficient (Wildman–Crippen LogP) is 1.48. The lowest BCUT2D eigenvalue weighted by Gasteiger charge is -2.25. The highest BCUT2D eigenvalue weighted by Crippen LogP contribution is 2.12. The van der Waals surface area contributed by atoms with Crippen molar-refractivity contribution in [1.82, 2.24) is 10.0 Å². The van der Waals surface area contributed by atoms with Crippen LogP contribution in [0.4, 0.5) is 0 Å². The van der Waals surface area contributed by atoms with E-state index in [-0.39, 0.29) is 11.3 Å². The second kappa shape index (κ2) is 7.25. The third kappa shape index (κ3) is 8.07. The Kier molecular flexibility index (Phi) is 7.19. The molecule has 5 heteroatoms. The summed E-state index contributed by atoms with van der Waals surface area (Å²) in [7, 11) is -3.15. The first kappa shape index (κ1) is 15.9. The molecule has 0 fully saturated rings. The van der Waals surface area contributed by atoms with E-state index in [1.54, 1.807) is 0 Å². The Balaban J connectivity index is 4.04. The van der Waals surface area contributed by atoms with Crippen LogP contribution in [0.5, 0.6) is 0 Å². The van der Waals surface area contributed by atoms with Crippen molar-refractivity contribution in [2.24, 2.45) is 0 Å². The quantitative estimate of drug-likeness (QED) is 0.610. The molecule has 0 radical (unpaired) electrons. The second-order valence-corrected chi connectivity index (χ2v) is 6.65. The third-order valence-electron chi connectivity index (χ3n) is 2.28. The smallest absolute Gasteiger partial charge is 0.213 e. The molecule has 0 aliphatic rings. The Bertz CT molecular complexity index is 274. The Morgan fingerprint density at radius 3 is 2.19 bits per heavy atom. The number of sulfonamides is 1. The number of hydrogen-bond donors (Lipinski definition) is 2. The maximum Gasteiger partial charge on any atom is 0.213 e. The molecule has 4 nitrogen and oxygen atoms in total. The molecule has 16 heavy (non-hydrogen) atoms. The fourth-order valence-corrected chi connectivity index (χ4v) is 3.12. The Morgan fingerprint density at radius 1 is 1.06 bits per heavy atom. The summed E-state index contributed by atoms with van der Waals surface area (Å²) in [6.45, 7) is 9.35. The van der Waals surface area contributed by atoms with Gasteiger partial charge in [-0.3, -0.25) is 0 Å². The molecule has 0 spiro atoms. The Hall–Kier alpha value is -0.130. The third-order valence-corrected chi connectivity index (χ3v) is 3.89. The first-order valence-electron chi connectivity index (χ1n) is 6.05. The van der Waals surface area contributed by atoms with Crippen molar-refractivity contribution in [2.75, 3.05) is 18.8 Å². The van der Waals surface area contributed by atoms with Crippen LogP contribution in [-0.2, 0) is 10.0 Å². The van der Waals surface area contributed by atoms with Crippen molar-refractivity contribution < 1.29 is 8.42 Å². The fraction of sp³-hybridized carbons (Fsp3) is 1.00. The van der Waals surface area contributed by atoms with E-state index in [0.29, 0.717) is 6.54 Å². The van der Waals surface area contributed by atoms with Gasteiger partial charge in [-0.2, -0.15) is 0 Å². The fourth-order valence-electron chi connectivity index (χ4n) is 1.66. The van der Waals surface area contributed by atoms with Crippen LogP contribution < -0.4 is 10.0 Å². The molecule has 0 heterocycles. The monoisotopic (exact) mass is 250 g/mol. The van der Waals surface area contributed by atoms with Crippen LogP contribution in [0.3, 0.4) is 0 Å². The predicted molar refractivity (Wildman–Crippen MR) is 69.1 cm³/mol. The molecule has 0 aliphatic carbocycles. The standard InChI is InChI=1S/C11H26N2O2S/c1-5-7-11(3,4)13-16(14,15)10-9-12-8-6-2/h12-13H,5-10H2,1-4H3. The molecule has 0 unspecified atom stereocenters. The van der Waals surface area contributed by atoms with Crippen molar-refractivity contribution in [2.45, 2.75) is 52.5 Å². The summed E-state index contributed by atoms with van der Waals surface area (Å²) in [4.78, 5) is 0. The van der Waals surface area contributed by atoms with Crippen LogP contribution in [0.25, 0.3) is 0 Å². The zero-order chi connectivity index (χ0) is 12.7. The van der Waals surface area contributed by atoms with Gasteiger partial charge in [-0.1, -0.05) is 20.3 Å². The van der Waals surface area contributed by atoms with Gasteiger partial charge in [-0.05, 0) is 33.2 Å². The molecule has 0 aromatic heterocycles. The highest BCUT2D eigenvalue weighted by Gasteiger charge is 2.23. The summed E-state index contributed by atoms with van der Waals surface area (Å²) in [6.07, 6.45) is 2.85. The molecule has 0 amide bonds. The minimum atomic E-state index is -3.15. The van der Waals surface area contributed by atoms with Gasteiger partial charge < -0.3 is 5.32 Å². The van der Waals surface area contributed by atoms with Gasteiger partial charge in [-0.25, -0.2) is 13.1 Å². The Morgan fingerprint density at radius 2 is 1.69 bits per heavy atom. The lowest BCUT2D eigenvalue weighted by atomic mass is 10.0. The van der Waals surface area contributed by atoms with Gasteiger partial charge in [0, 0.05) is 12.1 Å². The zero-order valence-electron chi connectivity index (χ0n) is 11.0. The summed E-state index contributed by atoms with van der Waals surface area (Å²) in [6, 6.07) is 0. The van der Waals surface area contributed by atoms with Gasteiger partial charge in [0.05, 0.1) is 5.75 Å². The molecule has 0 aromatic rings. The van der Waals surface area contributed by atoms with E-state index >= 15 is 0 Å². The SMILES string of the molecule is CCCNCCS(=O)(=O)NC(C)(C)CCC. The van der Waals surface area contributed by atoms with E-state index in [9.17, 15) is 8.42 Å². The van der Waals surface area contributed by atoms with Crippen molar-refractivity contribution in [3.8, 4) is 0 Å². The average Bonchev–Trinajstić information content (AvgIpc) is 2.10. The van der Waals surface area contributed by atoms with Gasteiger partial charge in [0.2, 0.25) is 10.0 Å². The van der Waals surface area contributed by atoms with Crippen molar-refractivity contribution in [1.29, 1.82) is 0 Å². The van der Waals surface area contributed by atoms with E-state index in [1.807, 2.05) is 13.8 Å². The van der Waals surface area contributed by atoms with Crippen LogP contribution in [0, 0.1) is 0 Å².